The summed E-state index contributed by atoms with van der Waals surface area (Å²) in [5.41, 5.74) is 9.25. The van der Waals surface area contributed by atoms with Crippen molar-refractivity contribution in [2.45, 2.75) is 72.1 Å². The smallest absolute Gasteiger partial charge is 0.355 e. The molecular formula is C35H44BrN5O4. The lowest BCUT2D eigenvalue weighted by Crippen LogP contribution is -2.35. The topological polar surface area (TPSA) is 119 Å². The number of anilines is 1. The van der Waals surface area contributed by atoms with Gasteiger partial charge in [-0.05, 0) is 118 Å². The predicted octanol–water partition coefficient (Wildman–Crippen LogP) is 6.29. The quantitative estimate of drug-likeness (QED) is 0.157. The average molecular weight is 679 g/mol. The molecule has 3 aliphatic rings. The standard InChI is InChI=1S/C24H29BrN4O2.C11H15NO2/c1-3-29(4-2)12-11-26-24(31)22-17-8-6-5-7-16(17)21(27-22)14-19-18-13-15(25)9-10-20(18)28-23(19)30;1-2-14-11(13)10-9-6-4-3-5-8(9)7-12-10/h9-10,13-14,27H,3-8,11-12H2,1-2H3,(H,26,31)(H,28,30);7,12H,2-6H2,1H3. The van der Waals surface area contributed by atoms with Gasteiger partial charge in [0.2, 0.25) is 0 Å². The lowest BCUT2D eigenvalue weighted by Gasteiger charge is -2.18. The van der Waals surface area contributed by atoms with Crippen molar-refractivity contribution in [3.8, 4) is 0 Å². The molecule has 9 nitrogen and oxygen atoms in total. The van der Waals surface area contributed by atoms with E-state index in [0.29, 0.717) is 30.1 Å². The minimum absolute atomic E-state index is 0.0611. The molecule has 45 heavy (non-hydrogen) atoms. The van der Waals surface area contributed by atoms with Crippen molar-refractivity contribution in [2.75, 3.05) is 38.1 Å². The number of likely N-dealkylation sites (N-methyl/N-ethyl adjacent to an activating group) is 1. The number of nitrogens with one attached hydrogen (secondary N) is 4. The number of halogens is 1. The molecule has 0 radical (unpaired) electrons. The maximum atomic E-state index is 13.0. The molecule has 1 aromatic carbocycles. The highest BCUT2D eigenvalue weighted by Crippen LogP contribution is 2.37. The summed E-state index contributed by atoms with van der Waals surface area (Å²) in [5, 5.41) is 6.00. The van der Waals surface area contributed by atoms with E-state index in [1.807, 2.05) is 37.4 Å². The average Bonchev–Trinajstić information content (AvgIpc) is 3.74. The lowest BCUT2D eigenvalue weighted by molar-refractivity contribution is -0.110. The van der Waals surface area contributed by atoms with E-state index in [2.05, 4.69) is 55.3 Å². The van der Waals surface area contributed by atoms with Crippen LogP contribution >= 0.6 is 15.9 Å². The van der Waals surface area contributed by atoms with Crippen molar-refractivity contribution in [2.24, 2.45) is 0 Å². The number of nitrogens with zero attached hydrogens (tertiary/aromatic N) is 1. The van der Waals surface area contributed by atoms with Gasteiger partial charge in [-0.3, -0.25) is 9.59 Å². The Labute approximate surface area is 273 Å². The highest BCUT2D eigenvalue weighted by Gasteiger charge is 2.28. The number of carbonyl (C=O) groups excluding carboxylic acids is 3. The number of aromatic amines is 2. The number of carbonyl (C=O) groups is 3. The highest BCUT2D eigenvalue weighted by atomic mass is 79.9. The Kier molecular flexibility index (Phi) is 11.0. The molecule has 0 unspecified atom stereocenters. The summed E-state index contributed by atoms with van der Waals surface area (Å²) in [4.78, 5) is 45.8. The first-order valence-corrected chi connectivity index (χ1v) is 17.1. The number of fused-ring (bicyclic) bond motifs is 3. The molecule has 6 rings (SSSR count). The largest absolute Gasteiger partial charge is 0.461 e. The highest BCUT2D eigenvalue weighted by molar-refractivity contribution is 9.10. The first kappa shape index (κ1) is 32.8. The fraction of sp³-hybridized carbons (Fsp3) is 0.457. The summed E-state index contributed by atoms with van der Waals surface area (Å²) in [6.45, 7) is 9.92. The molecule has 3 heterocycles. The summed E-state index contributed by atoms with van der Waals surface area (Å²) < 4.78 is 5.91. The van der Waals surface area contributed by atoms with Crippen LogP contribution in [0.3, 0.4) is 0 Å². The number of benzene rings is 1. The Balaban J connectivity index is 0.000000238. The van der Waals surface area contributed by atoms with Crippen LogP contribution in [0.25, 0.3) is 11.6 Å². The Morgan fingerprint density at radius 1 is 0.978 bits per heavy atom. The van der Waals surface area contributed by atoms with Gasteiger partial charge in [0.25, 0.3) is 11.8 Å². The van der Waals surface area contributed by atoms with Crippen LogP contribution in [0, 0.1) is 0 Å². The number of hydrogen-bond donors (Lipinski definition) is 4. The van der Waals surface area contributed by atoms with Crippen LogP contribution in [0.5, 0.6) is 0 Å². The molecule has 2 aromatic heterocycles. The molecule has 2 amide bonds. The van der Waals surface area contributed by atoms with E-state index >= 15 is 0 Å². The third kappa shape index (κ3) is 7.44. The van der Waals surface area contributed by atoms with Crippen LogP contribution in [0.15, 0.2) is 28.9 Å². The van der Waals surface area contributed by atoms with Crippen LogP contribution < -0.4 is 10.6 Å². The molecule has 0 saturated heterocycles. The second-order valence-corrected chi connectivity index (χ2v) is 12.6. The maximum Gasteiger partial charge on any atom is 0.355 e. The van der Waals surface area contributed by atoms with Crippen LogP contribution in [-0.4, -0.2) is 65.4 Å². The minimum atomic E-state index is -0.212. The fourth-order valence-corrected chi connectivity index (χ4v) is 6.85. The van der Waals surface area contributed by atoms with Gasteiger partial charge in [-0.1, -0.05) is 29.8 Å². The molecule has 0 bridgehead atoms. The molecule has 10 heteroatoms. The predicted molar refractivity (Wildman–Crippen MR) is 182 cm³/mol. The molecular weight excluding hydrogens is 634 g/mol. The number of ether oxygens (including phenoxy) is 1. The fourth-order valence-electron chi connectivity index (χ4n) is 6.49. The first-order chi connectivity index (χ1) is 21.8. The van der Waals surface area contributed by atoms with Crippen molar-refractivity contribution in [1.82, 2.24) is 20.2 Å². The zero-order valence-corrected chi connectivity index (χ0v) is 28.1. The molecule has 3 aromatic rings. The van der Waals surface area contributed by atoms with Gasteiger partial charge in [-0.2, -0.15) is 0 Å². The van der Waals surface area contributed by atoms with Crippen LogP contribution in [0.4, 0.5) is 5.69 Å². The van der Waals surface area contributed by atoms with Crippen molar-refractivity contribution in [3.63, 3.8) is 0 Å². The third-order valence-corrected chi connectivity index (χ3v) is 9.42. The van der Waals surface area contributed by atoms with Crippen molar-refractivity contribution < 1.29 is 19.1 Å². The molecule has 2 aliphatic carbocycles. The summed E-state index contributed by atoms with van der Waals surface area (Å²) in [7, 11) is 0. The van der Waals surface area contributed by atoms with Gasteiger partial charge in [0.05, 0.1) is 12.2 Å². The van der Waals surface area contributed by atoms with E-state index in [4.69, 9.17) is 4.74 Å². The maximum absolute atomic E-state index is 13.0. The monoisotopic (exact) mass is 677 g/mol. The minimum Gasteiger partial charge on any atom is -0.461 e. The zero-order chi connectivity index (χ0) is 31.9. The SMILES string of the molecule is CCN(CC)CCNC(=O)c1[nH]c(C=C2C(=O)Nc3ccc(Br)cc32)c2c1CCCC2.CCOC(=O)c1[nH]cc2c1CCCC2. The lowest BCUT2D eigenvalue weighted by atomic mass is 9.91. The van der Waals surface area contributed by atoms with E-state index in [1.54, 1.807) is 0 Å². The van der Waals surface area contributed by atoms with E-state index in [-0.39, 0.29) is 17.8 Å². The van der Waals surface area contributed by atoms with Gasteiger partial charge >= 0.3 is 5.97 Å². The van der Waals surface area contributed by atoms with Crippen molar-refractivity contribution >= 4 is 51.1 Å². The van der Waals surface area contributed by atoms with Gasteiger partial charge in [-0.15, -0.1) is 0 Å². The van der Waals surface area contributed by atoms with Crippen molar-refractivity contribution in [3.05, 3.63) is 73.8 Å². The van der Waals surface area contributed by atoms with Crippen LogP contribution in [0.2, 0.25) is 0 Å². The van der Waals surface area contributed by atoms with E-state index < -0.39 is 0 Å². The summed E-state index contributed by atoms with van der Waals surface area (Å²) in [6.07, 6.45) is 12.3. The third-order valence-electron chi connectivity index (χ3n) is 8.93. The number of aromatic nitrogens is 2. The molecule has 0 fully saturated rings. The van der Waals surface area contributed by atoms with Gasteiger partial charge in [0.1, 0.15) is 11.4 Å². The molecule has 4 N–H and O–H groups in total. The number of H-pyrrole nitrogens is 2. The van der Waals surface area contributed by atoms with Gasteiger partial charge in [0, 0.05) is 40.7 Å². The zero-order valence-electron chi connectivity index (χ0n) is 26.5. The van der Waals surface area contributed by atoms with Gasteiger partial charge in [-0.25, -0.2) is 4.79 Å². The molecule has 0 atom stereocenters. The second-order valence-electron chi connectivity index (χ2n) is 11.7. The molecule has 0 spiro atoms. The normalized spacial score (nSPS) is 15.9. The molecule has 0 saturated carbocycles. The number of rotatable bonds is 9. The van der Waals surface area contributed by atoms with Crippen LogP contribution in [0.1, 0.15) is 101 Å². The van der Waals surface area contributed by atoms with Crippen molar-refractivity contribution in [1.29, 1.82) is 0 Å². The Morgan fingerprint density at radius 2 is 1.69 bits per heavy atom. The summed E-state index contributed by atoms with van der Waals surface area (Å²) in [5.74, 6) is -0.387. The number of hydrogen-bond acceptors (Lipinski definition) is 5. The van der Waals surface area contributed by atoms with E-state index in [1.165, 1.54) is 29.5 Å². The second kappa shape index (κ2) is 15.1. The summed E-state index contributed by atoms with van der Waals surface area (Å²) in [6, 6.07) is 5.77. The number of aryl methyl sites for hydroxylation is 1. The van der Waals surface area contributed by atoms with Gasteiger partial charge in [0.15, 0.2) is 0 Å². The van der Waals surface area contributed by atoms with Gasteiger partial charge < -0.3 is 30.2 Å². The Morgan fingerprint density at radius 3 is 2.42 bits per heavy atom. The Hall–Kier alpha value is -3.63. The number of esters is 1. The Bertz CT molecular complexity index is 1580. The van der Waals surface area contributed by atoms with E-state index in [9.17, 15) is 14.4 Å². The van der Waals surface area contributed by atoms with Crippen LogP contribution in [-0.2, 0) is 35.2 Å². The molecule has 1 aliphatic heterocycles. The number of amides is 2. The summed E-state index contributed by atoms with van der Waals surface area (Å²) >= 11 is 3.49. The first-order valence-electron chi connectivity index (χ1n) is 16.3. The van der Waals surface area contributed by atoms with E-state index in [0.717, 1.165) is 85.1 Å². The molecule has 240 valence electrons.